The van der Waals surface area contributed by atoms with Crippen molar-refractivity contribution in [3.8, 4) is 11.5 Å². The lowest BCUT2D eigenvalue weighted by Gasteiger charge is -2.15. The number of aromatic nitrogens is 1. The lowest BCUT2D eigenvalue weighted by Crippen LogP contribution is -2.22. The molecule has 2 N–H and O–H groups in total. The number of rotatable bonds is 3. The van der Waals surface area contributed by atoms with E-state index in [1.807, 2.05) is 0 Å². The summed E-state index contributed by atoms with van der Waals surface area (Å²) in [7, 11) is -3.40. The number of nitrogens with zero attached hydrogens (tertiary/aromatic N) is 1. The van der Waals surface area contributed by atoms with Gasteiger partial charge in [-0.25, -0.2) is 18.5 Å². The van der Waals surface area contributed by atoms with E-state index >= 15 is 0 Å². The van der Waals surface area contributed by atoms with E-state index in [4.69, 9.17) is 5.14 Å². The minimum absolute atomic E-state index is 0.310. The second-order valence-electron chi connectivity index (χ2n) is 2.87. The summed E-state index contributed by atoms with van der Waals surface area (Å²) in [6, 6.07) is 0. The highest BCUT2D eigenvalue weighted by Gasteiger charge is 2.36. The molecule has 0 atom stereocenters. The van der Waals surface area contributed by atoms with Gasteiger partial charge in [-0.05, 0) is 22.6 Å². The van der Waals surface area contributed by atoms with Gasteiger partial charge >= 0.3 is 6.36 Å². The summed E-state index contributed by atoms with van der Waals surface area (Å²) in [6.07, 6.45) is -4.14. The molecule has 1 rings (SSSR count). The minimum Gasteiger partial charge on any atom is -0.494 e. The van der Waals surface area contributed by atoms with Crippen molar-refractivity contribution in [1.82, 2.24) is 4.98 Å². The van der Waals surface area contributed by atoms with Gasteiger partial charge in [0.15, 0.2) is 16.4 Å². The van der Waals surface area contributed by atoms with Crippen molar-refractivity contribution in [2.75, 3.05) is 7.11 Å². The van der Waals surface area contributed by atoms with Gasteiger partial charge in [-0.1, -0.05) is 0 Å². The fourth-order valence-electron chi connectivity index (χ4n) is 1.06. The van der Waals surface area contributed by atoms with Crippen LogP contribution in [0.5, 0.6) is 11.5 Å². The van der Waals surface area contributed by atoms with Crippen LogP contribution in [0, 0.1) is 3.70 Å². The molecule has 18 heavy (non-hydrogen) atoms. The van der Waals surface area contributed by atoms with E-state index in [9.17, 15) is 21.6 Å². The zero-order chi connectivity index (χ0) is 14.1. The van der Waals surface area contributed by atoms with Crippen molar-refractivity contribution in [3.05, 3.63) is 9.90 Å². The third-order valence-corrected chi connectivity index (χ3v) is 3.36. The molecule has 0 aliphatic carbocycles. The molecular formula is C7H6F3IN2O4S. The van der Waals surface area contributed by atoms with Crippen molar-refractivity contribution >= 4 is 32.6 Å². The number of primary sulfonamides is 1. The topological polar surface area (TPSA) is 91.5 Å². The quantitative estimate of drug-likeness (QED) is 0.611. The fourth-order valence-corrected chi connectivity index (χ4v) is 2.57. The summed E-state index contributed by atoms with van der Waals surface area (Å²) in [4.78, 5) is 2.62. The average Bonchev–Trinajstić information content (AvgIpc) is 2.17. The number of sulfonamides is 1. The maximum atomic E-state index is 12.2. The van der Waals surface area contributed by atoms with Crippen molar-refractivity contribution < 1.29 is 31.1 Å². The number of halogens is 4. The highest BCUT2D eigenvalue weighted by molar-refractivity contribution is 14.1. The third-order valence-electron chi connectivity index (χ3n) is 1.63. The summed E-state index contributed by atoms with van der Waals surface area (Å²) in [5.74, 6) is -1.44. The Morgan fingerprint density at radius 3 is 2.39 bits per heavy atom. The molecule has 0 unspecified atom stereocenters. The first-order valence-corrected chi connectivity index (χ1v) is 6.70. The molecule has 1 heterocycles. The molecule has 0 spiro atoms. The number of hydrogen-bond acceptors (Lipinski definition) is 5. The molecule has 102 valence electrons. The van der Waals surface area contributed by atoms with Crippen LogP contribution in [-0.2, 0) is 10.0 Å². The predicted octanol–water partition coefficient (Wildman–Crippen LogP) is 1.24. The molecule has 6 nitrogen and oxygen atoms in total. The van der Waals surface area contributed by atoms with Crippen LogP contribution in [0.1, 0.15) is 0 Å². The highest BCUT2D eigenvalue weighted by atomic mass is 127. The molecule has 0 radical (unpaired) electrons. The van der Waals surface area contributed by atoms with E-state index in [2.05, 4.69) is 14.5 Å². The Kier molecular flexibility index (Phi) is 4.27. The van der Waals surface area contributed by atoms with Crippen LogP contribution in [-0.4, -0.2) is 26.9 Å². The van der Waals surface area contributed by atoms with Gasteiger partial charge in [0.25, 0.3) is 0 Å². The Balaban J connectivity index is 3.57. The number of ether oxygens (including phenoxy) is 2. The Hall–Kier alpha value is -0.820. The first-order valence-electron chi connectivity index (χ1n) is 4.07. The predicted molar refractivity (Wildman–Crippen MR) is 61.6 cm³/mol. The van der Waals surface area contributed by atoms with Crippen LogP contribution in [0.4, 0.5) is 13.2 Å². The Labute approximate surface area is 113 Å². The second kappa shape index (κ2) is 5.05. The zero-order valence-electron chi connectivity index (χ0n) is 8.66. The number of methoxy groups -OCH3 is 1. The van der Waals surface area contributed by atoms with E-state index < -0.39 is 32.8 Å². The third kappa shape index (κ3) is 3.58. The fraction of sp³-hybridized carbons (Fsp3) is 0.286. The highest BCUT2D eigenvalue weighted by Crippen LogP contribution is 2.37. The SMILES string of the molecule is COc1cnc(I)c(OC(F)(F)F)c1S(N)(=O)=O. The molecule has 1 aromatic heterocycles. The molecule has 0 amide bonds. The second-order valence-corrected chi connectivity index (χ2v) is 5.39. The smallest absolute Gasteiger partial charge is 0.494 e. The summed E-state index contributed by atoms with van der Waals surface area (Å²) < 4.78 is 67.1. The van der Waals surface area contributed by atoms with Crippen LogP contribution in [0.15, 0.2) is 11.1 Å². The van der Waals surface area contributed by atoms with Gasteiger partial charge in [0.1, 0.15) is 3.70 Å². The number of hydrogen-bond donors (Lipinski definition) is 1. The van der Waals surface area contributed by atoms with E-state index in [-0.39, 0.29) is 3.70 Å². The van der Waals surface area contributed by atoms with E-state index in [1.54, 1.807) is 0 Å². The van der Waals surface area contributed by atoms with Crippen LogP contribution in [0.2, 0.25) is 0 Å². The van der Waals surface area contributed by atoms with E-state index in [1.165, 1.54) is 22.6 Å². The molecule has 0 aromatic carbocycles. The van der Waals surface area contributed by atoms with E-state index in [0.717, 1.165) is 13.3 Å². The molecule has 0 fully saturated rings. The van der Waals surface area contributed by atoms with Gasteiger partial charge in [-0.2, -0.15) is 0 Å². The van der Waals surface area contributed by atoms with Gasteiger partial charge in [0, 0.05) is 0 Å². The molecule has 0 aliphatic rings. The first kappa shape index (κ1) is 15.2. The normalized spacial score (nSPS) is 12.3. The molecule has 0 bridgehead atoms. The Bertz CT molecular complexity index is 561. The van der Waals surface area contributed by atoms with Crippen LogP contribution in [0.25, 0.3) is 0 Å². The number of nitrogens with two attached hydrogens (primary N) is 1. The number of pyridine rings is 1. The first-order chi connectivity index (χ1) is 8.06. The summed E-state index contributed by atoms with van der Waals surface area (Å²) >= 11 is 1.39. The maximum absolute atomic E-state index is 12.2. The van der Waals surface area contributed by atoms with Gasteiger partial charge in [0.2, 0.25) is 10.0 Å². The standard InChI is InChI=1S/C7H6F3IN2O4S/c1-16-3-2-13-6(11)4(17-7(8,9)10)5(3)18(12,14)15/h2H,1H3,(H2,12,14,15). The molecule has 0 aliphatic heterocycles. The van der Waals surface area contributed by atoms with Gasteiger partial charge in [-0.15, -0.1) is 13.2 Å². The monoisotopic (exact) mass is 398 g/mol. The van der Waals surface area contributed by atoms with Crippen molar-refractivity contribution in [1.29, 1.82) is 0 Å². The lowest BCUT2D eigenvalue weighted by molar-refractivity contribution is -0.276. The van der Waals surface area contributed by atoms with Crippen molar-refractivity contribution in [2.24, 2.45) is 5.14 Å². The van der Waals surface area contributed by atoms with Gasteiger partial charge < -0.3 is 9.47 Å². The van der Waals surface area contributed by atoms with Crippen LogP contribution in [0.3, 0.4) is 0 Å². The molecule has 0 saturated carbocycles. The maximum Gasteiger partial charge on any atom is 0.573 e. The van der Waals surface area contributed by atoms with Crippen LogP contribution >= 0.6 is 22.6 Å². The Morgan fingerprint density at radius 2 is 2.00 bits per heavy atom. The zero-order valence-corrected chi connectivity index (χ0v) is 11.6. The Morgan fingerprint density at radius 1 is 1.44 bits per heavy atom. The van der Waals surface area contributed by atoms with Crippen molar-refractivity contribution in [3.63, 3.8) is 0 Å². The largest absolute Gasteiger partial charge is 0.573 e. The summed E-state index contributed by atoms with van der Waals surface area (Å²) in [5.41, 5.74) is 0. The van der Waals surface area contributed by atoms with E-state index in [0.29, 0.717) is 0 Å². The van der Waals surface area contributed by atoms with Gasteiger partial charge in [0.05, 0.1) is 13.3 Å². The summed E-state index contributed by atoms with van der Waals surface area (Å²) in [5, 5.41) is 4.84. The summed E-state index contributed by atoms with van der Waals surface area (Å²) in [6.45, 7) is 0. The average molecular weight is 398 g/mol. The molecule has 1 aromatic rings. The number of alkyl halides is 3. The van der Waals surface area contributed by atoms with Crippen LogP contribution < -0.4 is 14.6 Å². The van der Waals surface area contributed by atoms with Gasteiger partial charge in [-0.3, -0.25) is 0 Å². The minimum atomic E-state index is -5.08. The van der Waals surface area contributed by atoms with Crippen molar-refractivity contribution in [2.45, 2.75) is 11.3 Å². The lowest BCUT2D eigenvalue weighted by atomic mass is 10.4. The molecule has 11 heteroatoms. The molecular weight excluding hydrogens is 392 g/mol. The molecule has 0 saturated heterocycles.